The molecule has 4 nitrogen and oxygen atoms in total. The molecule has 1 aromatic rings. The number of hydrogen-bond acceptors (Lipinski definition) is 3. The van der Waals surface area contributed by atoms with Gasteiger partial charge < -0.3 is 15.0 Å². The first-order valence-electron chi connectivity index (χ1n) is 8.47. The molecule has 0 aliphatic carbocycles. The number of ether oxygens (including phenoxy) is 1. The fraction of sp³-hybridized carbons (Fsp3) is 0.611. The van der Waals surface area contributed by atoms with Crippen molar-refractivity contribution in [2.75, 3.05) is 31.2 Å². The number of anilines is 1. The number of nitrogens with zero attached hydrogens (tertiary/aromatic N) is 1. The molecule has 2 saturated heterocycles. The van der Waals surface area contributed by atoms with Gasteiger partial charge in [0, 0.05) is 37.9 Å². The molecule has 1 N–H and O–H groups in total. The number of amides is 1. The lowest BCUT2D eigenvalue weighted by molar-refractivity contribution is -0.128. The lowest BCUT2D eigenvalue weighted by Gasteiger charge is -2.24. The van der Waals surface area contributed by atoms with Crippen LogP contribution in [0.2, 0.25) is 0 Å². The van der Waals surface area contributed by atoms with Gasteiger partial charge in [-0.2, -0.15) is 0 Å². The highest BCUT2D eigenvalue weighted by Crippen LogP contribution is 2.24. The van der Waals surface area contributed by atoms with Crippen molar-refractivity contribution in [3.8, 4) is 0 Å². The molecule has 2 aliphatic heterocycles. The summed E-state index contributed by atoms with van der Waals surface area (Å²) in [6.07, 6.45) is 4.24. The predicted molar refractivity (Wildman–Crippen MR) is 88.0 cm³/mol. The molecule has 4 heteroatoms. The average Bonchev–Trinajstić information content (AvgIpc) is 3.10. The van der Waals surface area contributed by atoms with E-state index >= 15 is 0 Å². The number of carbonyl (C=O) groups is 1. The summed E-state index contributed by atoms with van der Waals surface area (Å²) in [6.45, 7) is 5.77. The summed E-state index contributed by atoms with van der Waals surface area (Å²) in [7, 11) is 0. The van der Waals surface area contributed by atoms with Crippen molar-refractivity contribution in [1.82, 2.24) is 5.32 Å². The molecule has 2 aliphatic rings. The second-order valence-corrected chi connectivity index (χ2v) is 6.41. The van der Waals surface area contributed by atoms with E-state index in [9.17, 15) is 4.79 Å². The van der Waals surface area contributed by atoms with Crippen molar-refractivity contribution < 1.29 is 9.53 Å². The van der Waals surface area contributed by atoms with Crippen LogP contribution in [-0.4, -0.2) is 32.2 Å². The van der Waals surface area contributed by atoms with Gasteiger partial charge in [0.2, 0.25) is 5.91 Å². The second-order valence-electron chi connectivity index (χ2n) is 6.41. The third-order valence-corrected chi connectivity index (χ3v) is 4.79. The molecule has 1 aromatic carbocycles. The average molecular weight is 302 g/mol. The van der Waals surface area contributed by atoms with Gasteiger partial charge in [-0.1, -0.05) is 12.1 Å². The van der Waals surface area contributed by atoms with Crippen molar-refractivity contribution in [1.29, 1.82) is 0 Å². The Morgan fingerprint density at radius 2 is 2.00 bits per heavy atom. The molecule has 1 amide bonds. The van der Waals surface area contributed by atoms with Crippen LogP contribution in [0, 0.1) is 5.92 Å². The van der Waals surface area contributed by atoms with Crippen LogP contribution in [0.15, 0.2) is 24.3 Å². The minimum atomic E-state index is 0.0536. The Kier molecular flexibility index (Phi) is 4.98. The second kappa shape index (κ2) is 7.14. The highest BCUT2D eigenvalue weighted by molar-refractivity contribution is 5.79. The number of hydrogen-bond donors (Lipinski definition) is 1. The molecule has 0 unspecified atom stereocenters. The van der Waals surface area contributed by atoms with E-state index in [2.05, 4.69) is 41.4 Å². The quantitative estimate of drug-likeness (QED) is 0.930. The van der Waals surface area contributed by atoms with Crippen LogP contribution in [-0.2, 0) is 9.53 Å². The van der Waals surface area contributed by atoms with Crippen molar-refractivity contribution in [2.24, 2.45) is 5.92 Å². The first kappa shape index (κ1) is 15.3. The van der Waals surface area contributed by atoms with Gasteiger partial charge in [0.05, 0.1) is 6.04 Å². The number of benzene rings is 1. The molecular weight excluding hydrogens is 276 g/mol. The summed E-state index contributed by atoms with van der Waals surface area (Å²) in [5, 5.41) is 3.17. The summed E-state index contributed by atoms with van der Waals surface area (Å²) in [5.41, 5.74) is 2.46. The van der Waals surface area contributed by atoms with Crippen molar-refractivity contribution in [3.63, 3.8) is 0 Å². The molecule has 120 valence electrons. The van der Waals surface area contributed by atoms with E-state index < -0.39 is 0 Å². The van der Waals surface area contributed by atoms with E-state index in [-0.39, 0.29) is 17.9 Å². The molecule has 2 heterocycles. The van der Waals surface area contributed by atoms with Crippen LogP contribution < -0.4 is 10.2 Å². The lowest BCUT2D eigenvalue weighted by atomic mass is 9.98. The topological polar surface area (TPSA) is 41.6 Å². The van der Waals surface area contributed by atoms with Crippen molar-refractivity contribution in [3.05, 3.63) is 29.8 Å². The van der Waals surface area contributed by atoms with E-state index in [1.54, 1.807) is 0 Å². The summed E-state index contributed by atoms with van der Waals surface area (Å²) in [6, 6.07) is 8.65. The zero-order valence-corrected chi connectivity index (χ0v) is 13.4. The molecule has 22 heavy (non-hydrogen) atoms. The van der Waals surface area contributed by atoms with Gasteiger partial charge in [-0.15, -0.1) is 0 Å². The van der Waals surface area contributed by atoms with Gasteiger partial charge in [0.1, 0.15) is 0 Å². The Labute approximate surface area is 132 Å². The van der Waals surface area contributed by atoms with E-state index in [0.29, 0.717) is 13.2 Å². The Morgan fingerprint density at radius 3 is 2.73 bits per heavy atom. The maximum absolute atomic E-state index is 12.3. The zero-order chi connectivity index (χ0) is 15.4. The highest BCUT2D eigenvalue weighted by Gasteiger charge is 2.23. The largest absolute Gasteiger partial charge is 0.381 e. The Bertz CT molecular complexity index is 506. The van der Waals surface area contributed by atoms with Crippen LogP contribution in [0.3, 0.4) is 0 Å². The minimum Gasteiger partial charge on any atom is -0.381 e. The van der Waals surface area contributed by atoms with E-state index in [0.717, 1.165) is 25.9 Å². The van der Waals surface area contributed by atoms with E-state index in [4.69, 9.17) is 4.74 Å². The highest BCUT2D eigenvalue weighted by atomic mass is 16.5. The van der Waals surface area contributed by atoms with Gasteiger partial charge in [0.15, 0.2) is 0 Å². The van der Waals surface area contributed by atoms with Crippen LogP contribution in [0.25, 0.3) is 0 Å². The summed E-state index contributed by atoms with van der Waals surface area (Å²) < 4.78 is 5.33. The van der Waals surface area contributed by atoms with Crippen LogP contribution in [0.4, 0.5) is 5.69 Å². The lowest BCUT2D eigenvalue weighted by Crippen LogP contribution is -2.35. The zero-order valence-electron chi connectivity index (χ0n) is 13.4. The van der Waals surface area contributed by atoms with E-state index in [1.807, 2.05) is 0 Å². The fourth-order valence-corrected chi connectivity index (χ4v) is 3.34. The molecule has 3 rings (SSSR count). The van der Waals surface area contributed by atoms with Gasteiger partial charge in [0.25, 0.3) is 0 Å². The van der Waals surface area contributed by atoms with Crippen LogP contribution in [0.1, 0.15) is 44.2 Å². The van der Waals surface area contributed by atoms with E-state index in [1.165, 1.54) is 24.1 Å². The number of nitrogens with one attached hydrogen (secondary N) is 1. The third-order valence-electron chi connectivity index (χ3n) is 4.79. The Balaban J connectivity index is 1.62. The van der Waals surface area contributed by atoms with Gasteiger partial charge in [-0.05, 0) is 50.3 Å². The SMILES string of the molecule is C[C@H](NC(=O)C1CCOCC1)c1cccc(N2CCCC2)c1. The summed E-state index contributed by atoms with van der Waals surface area (Å²) >= 11 is 0. The Morgan fingerprint density at radius 1 is 1.27 bits per heavy atom. The maximum Gasteiger partial charge on any atom is 0.223 e. The predicted octanol–water partition coefficient (Wildman–Crippen LogP) is 2.89. The monoisotopic (exact) mass is 302 g/mol. The third kappa shape index (κ3) is 3.61. The van der Waals surface area contributed by atoms with Crippen molar-refractivity contribution >= 4 is 11.6 Å². The molecule has 2 fully saturated rings. The summed E-state index contributed by atoms with van der Waals surface area (Å²) in [4.78, 5) is 14.8. The fourth-order valence-electron chi connectivity index (χ4n) is 3.34. The molecule has 0 saturated carbocycles. The molecule has 1 atom stereocenters. The van der Waals surface area contributed by atoms with Gasteiger partial charge >= 0.3 is 0 Å². The maximum atomic E-state index is 12.3. The van der Waals surface area contributed by atoms with Gasteiger partial charge in [-0.3, -0.25) is 4.79 Å². The molecule has 0 radical (unpaired) electrons. The first-order chi connectivity index (χ1) is 10.7. The first-order valence-corrected chi connectivity index (χ1v) is 8.47. The summed E-state index contributed by atoms with van der Waals surface area (Å²) in [5.74, 6) is 0.278. The number of carbonyl (C=O) groups excluding carboxylic acids is 1. The number of rotatable bonds is 4. The van der Waals surface area contributed by atoms with Crippen molar-refractivity contribution in [2.45, 2.75) is 38.6 Å². The van der Waals surface area contributed by atoms with Gasteiger partial charge in [-0.25, -0.2) is 0 Å². The molecule has 0 aromatic heterocycles. The van der Waals surface area contributed by atoms with Crippen LogP contribution >= 0.6 is 0 Å². The molecule has 0 bridgehead atoms. The Hall–Kier alpha value is -1.55. The minimum absolute atomic E-state index is 0.0536. The standard InChI is InChI=1S/C18H26N2O2/c1-14(19-18(21)15-7-11-22-12-8-15)16-5-4-6-17(13-16)20-9-2-3-10-20/h4-6,13-15H,2-3,7-12H2,1H3,(H,19,21)/t14-/m0/s1. The molecular formula is C18H26N2O2. The molecule has 0 spiro atoms. The van der Waals surface area contributed by atoms with Crippen LogP contribution in [0.5, 0.6) is 0 Å². The smallest absolute Gasteiger partial charge is 0.223 e. The normalized spacial score (nSPS) is 20.9.